The molecule has 2 aromatic rings. The van der Waals surface area contributed by atoms with Crippen molar-refractivity contribution in [2.24, 2.45) is 5.73 Å². The molecule has 0 atom stereocenters. The maximum absolute atomic E-state index is 6.20. The van der Waals surface area contributed by atoms with E-state index < -0.39 is 0 Å². The standard InChI is InChI=1S/C13H16N2S/c1-8(2)12-15-10-7-9(13(14)5-6-13)3-4-11(10)16-12/h3-4,7-8H,5-6,14H2,1-2H3. The van der Waals surface area contributed by atoms with Crippen LogP contribution in [0.15, 0.2) is 18.2 Å². The Morgan fingerprint density at radius 3 is 2.75 bits per heavy atom. The summed E-state index contributed by atoms with van der Waals surface area (Å²) in [5, 5.41) is 1.22. The molecule has 1 heterocycles. The Labute approximate surface area is 99.5 Å². The van der Waals surface area contributed by atoms with Gasteiger partial charge in [-0.2, -0.15) is 0 Å². The third-order valence-corrected chi connectivity index (χ3v) is 4.60. The number of hydrogen-bond donors (Lipinski definition) is 1. The molecule has 0 amide bonds. The Hall–Kier alpha value is -0.930. The fourth-order valence-electron chi connectivity index (χ4n) is 1.93. The van der Waals surface area contributed by atoms with Gasteiger partial charge < -0.3 is 5.73 Å². The first-order chi connectivity index (χ1) is 7.58. The third-order valence-electron chi connectivity index (χ3n) is 3.26. The number of hydrogen-bond acceptors (Lipinski definition) is 3. The van der Waals surface area contributed by atoms with Crippen molar-refractivity contribution < 1.29 is 0 Å². The molecule has 0 aliphatic heterocycles. The van der Waals surface area contributed by atoms with Gasteiger partial charge in [-0.25, -0.2) is 4.98 Å². The summed E-state index contributed by atoms with van der Waals surface area (Å²) in [6, 6.07) is 6.50. The van der Waals surface area contributed by atoms with Crippen LogP contribution in [0.4, 0.5) is 0 Å². The lowest BCUT2D eigenvalue weighted by molar-refractivity contribution is 0.741. The molecular formula is C13H16N2S. The molecule has 3 heteroatoms. The van der Waals surface area contributed by atoms with Crippen molar-refractivity contribution in [1.29, 1.82) is 0 Å². The fourth-order valence-corrected chi connectivity index (χ4v) is 2.88. The lowest BCUT2D eigenvalue weighted by Gasteiger charge is -2.07. The van der Waals surface area contributed by atoms with Crippen LogP contribution in [0.3, 0.4) is 0 Å². The third kappa shape index (κ3) is 1.55. The van der Waals surface area contributed by atoms with Gasteiger partial charge in [0, 0.05) is 11.5 Å². The first kappa shape index (κ1) is 10.2. The normalized spacial score (nSPS) is 18.2. The van der Waals surface area contributed by atoms with Gasteiger partial charge in [0.05, 0.1) is 15.2 Å². The lowest BCUT2D eigenvalue weighted by atomic mass is 10.1. The van der Waals surface area contributed by atoms with Gasteiger partial charge in [0.1, 0.15) is 0 Å². The zero-order valence-corrected chi connectivity index (χ0v) is 10.5. The molecule has 84 valence electrons. The van der Waals surface area contributed by atoms with Crippen LogP contribution in [-0.4, -0.2) is 4.98 Å². The fraction of sp³-hybridized carbons (Fsp3) is 0.462. The summed E-state index contributed by atoms with van der Waals surface area (Å²) >= 11 is 1.79. The van der Waals surface area contributed by atoms with Crippen LogP contribution in [0.2, 0.25) is 0 Å². The van der Waals surface area contributed by atoms with Crippen LogP contribution < -0.4 is 5.73 Å². The molecule has 0 unspecified atom stereocenters. The van der Waals surface area contributed by atoms with Crippen molar-refractivity contribution >= 4 is 21.6 Å². The number of fused-ring (bicyclic) bond motifs is 1. The lowest BCUT2D eigenvalue weighted by Crippen LogP contribution is -2.18. The second kappa shape index (κ2) is 3.28. The zero-order valence-electron chi connectivity index (χ0n) is 9.66. The number of aromatic nitrogens is 1. The highest BCUT2D eigenvalue weighted by Gasteiger charge is 2.40. The minimum absolute atomic E-state index is 0.0458. The second-order valence-corrected chi connectivity index (χ2v) is 6.11. The Kier molecular flexibility index (Phi) is 2.10. The van der Waals surface area contributed by atoms with E-state index >= 15 is 0 Å². The highest BCUT2D eigenvalue weighted by molar-refractivity contribution is 7.18. The van der Waals surface area contributed by atoms with Crippen LogP contribution in [0.1, 0.15) is 43.2 Å². The summed E-state index contributed by atoms with van der Waals surface area (Å²) in [6.45, 7) is 4.37. The first-order valence-electron chi connectivity index (χ1n) is 5.78. The van der Waals surface area contributed by atoms with Crippen LogP contribution in [-0.2, 0) is 5.54 Å². The number of nitrogens with two attached hydrogens (primary N) is 1. The predicted octanol–water partition coefficient (Wildman–Crippen LogP) is 3.37. The number of rotatable bonds is 2. The predicted molar refractivity (Wildman–Crippen MR) is 68.8 cm³/mol. The maximum Gasteiger partial charge on any atom is 0.0963 e. The van der Waals surface area contributed by atoms with Crippen molar-refractivity contribution in [1.82, 2.24) is 4.98 Å². The number of benzene rings is 1. The molecule has 1 aliphatic rings. The molecule has 3 rings (SSSR count). The molecule has 16 heavy (non-hydrogen) atoms. The smallest absolute Gasteiger partial charge is 0.0963 e. The second-order valence-electron chi connectivity index (χ2n) is 5.05. The van der Waals surface area contributed by atoms with Gasteiger partial charge in [0.15, 0.2) is 0 Å². The number of nitrogens with zero attached hydrogens (tertiary/aromatic N) is 1. The topological polar surface area (TPSA) is 38.9 Å². The number of thiazole rings is 1. The van der Waals surface area contributed by atoms with Crippen molar-refractivity contribution in [2.45, 2.75) is 38.1 Å². The summed E-state index contributed by atoms with van der Waals surface area (Å²) in [5.41, 5.74) is 8.52. The van der Waals surface area contributed by atoms with Crippen LogP contribution in [0.25, 0.3) is 10.2 Å². The van der Waals surface area contributed by atoms with E-state index in [1.807, 2.05) is 0 Å². The average molecular weight is 232 g/mol. The molecule has 0 bridgehead atoms. The van der Waals surface area contributed by atoms with Crippen molar-refractivity contribution in [3.63, 3.8) is 0 Å². The van der Waals surface area contributed by atoms with Gasteiger partial charge in [-0.3, -0.25) is 0 Å². The zero-order chi connectivity index (χ0) is 11.3. The Bertz CT molecular complexity index is 538. The molecule has 1 saturated carbocycles. The minimum atomic E-state index is -0.0458. The molecule has 2 nitrogen and oxygen atoms in total. The monoisotopic (exact) mass is 232 g/mol. The van der Waals surface area contributed by atoms with Gasteiger partial charge in [0.25, 0.3) is 0 Å². The van der Waals surface area contributed by atoms with Gasteiger partial charge >= 0.3 is 0 Å². The molecule has 1 aromatic heterocycles. The van der Waals surface area contributed by atoms with Crippen molar-refractivity contribution in [2.75, 3.05) is 0 Å². The summed E-state index contributed by atoms with van der Waals surface area (Å²) in [6.07, 6.45) is 2.22. The molecule has 1 aliphatic carbocycles. The first-order valence-corrected chi connectivity index (χ1v) is 6.60. The average Bonchev–Trinajstić information content (AvgIpc) is 2.86. The highest BCUT2D eigenvalue weighted by Crippen LogP contribution is 2.43. The van der Waals surface area contributed by atoms with E-state index in [2.05, 4.69) is 37.0 Å². The quantitative estimate of drug-likeness (QED) is 0.862. The molecule has 0 saturated heterocycles. The summed E-state index contributed by atoms with van der Waals surface area (Å²) in [4.78, 5) is 4.68. The van der Waals surface area contributed by atoms with E-state index in [0.29, 0.717) is 5.92 Å². The van der Waals surface area contributed by atoms with E-state index in [4.69, 9.17) is 5.73 Å². The molecule has 1 fully saturated rings. The van der Waals surface area contributed by atoms with E-state index in [1.165, 1.54) is 15.3 Å². The molecule has 1 aromatic carbocycles. The van der Waals surface area contributed by atoms with Crippen LogP contribution in [0, 0.1) is 0 Å². The summed E-state index contributed by atoms with van der Waals surface area (Å²) in [7, 11) is 0. The van der Waals surface area contributed by atoms with Crippen molar-refractivity contribution in [3.8, 4) is 0 Å². The van der Waals surface area contributed by atoms with Gasteiger partial charge in [-0.05, 0) is 30.5 Å². The maximum atomic E-state index is 6.20. The van der Waals surface area contributed by atoms with Crippen LogP contribution in [0.5, 0.6) is 0 Å². The summed E-state index contributed by atoms with van der Waals surface area (Å²) < 4.78 is 1.27. The Morgan fingerprint density at radius 1 is 1.38 bits per heavy atom. The Morgan fingerprint density at radius 2 is 2.12 bits per heavy atom. The molecule has 2 N–H and O–H groups in total. The van der Waals surface area contributed by atoms with E-state index in [1.54, 1.807) is 11.3 Å². The SMILES string of the molecule is CC(C)c1nc2cc(C3(N)CC3)ccc2s1. The largest absolute Gasteiger partial charge is 0.321 e. The summed E-state index contributed by atoms with van der Waals surface area (Å²) in [5.74, 6) is 0.508. The van der Waals surface area contributed by atoms with E-state index in [0.717, 1.165) is 18.4 Å². The molecular weight excluding hydrogens is 216 g/mol. The minimum Gasteiger partial charge on any atom is -0.321 e. The van der Waals surface area contributed by atoms with Crippen LogP contribution >= 0.6 is 11.3 Å². The highest BCUT2D eigenvalue weighted by atomic mass is 32.1. The molecule has 0 radical (unpaired) electrons. The Balaban J connectivity index is 2.10. The molecule has 0 spiro atoms. The van der Waals surface area contributed by atoms with E-state index in [9.17, 15) is 0 Å². The van der Waals surface area contributed by atoms with Gasteiger partial charge in [0.2, 0.25) is 0 Å². The van der Waals surface area contributed by atoms with E-state index in [-0.39, 0.29) is 5.54 Å². The van der Waals surface area contributed by atoms with Gasteiger partial charge in [-0.15, -0.1) is 11.3 Å². The van der Waals surface area contributed by atoms with Gasteiger partial charge in [-0.1, -0.05) is 19.9 Å². The van der Waals surface area contributed by atoms with Crippen molar-refractivity contribution in [3.05, 3.63) is 28.8 Å².